The van der Waals surface area contributed by atoms with Gasteiger partial charge < -0.3 is 5.32 Å². The van der Waals surface area contributed by atoms with Crippen molar-refractivity contribution in [3.63, 3.8) is 0 Å². The molecule has 1 aromatic carbocycles. The quantitative estimate of drug-likeness (QED) is 0.811. The second-order valence-electron chi connectivity index (χ2n) is 5.81. The SMILES string of the molecule is Cc1cccc(C(=O)NCC2(CCl)CCCCC2)c1Cl. The van der Waals surface area contributed by atoms with Gasteiger partial charge in [0, 0.05) is 17.8 Å². The Hall–Kier alpha value is -0.730. The van der Waals surface area contributed by atoms with Crippen LogP contribution in [0.1, 0.15) is 48.0 Å². The van der Waals surface area contributed by atoms with Gasteiger partial charge in [-0.15, -0.1) is 11.6 Å². The number of nitrogens with one attached hydrogen (secondary N) is 1. The maximum absolute atomic E-state index is 12.3. The first-order valence-electron chi connectivity index (χ1n) is 7.17. The van der Waals surface area contributed by atoms with Crippen molar-refractivity contribution in [3.05, 3.63) is 34.3 Å². The molecule has 110 valence electrons. The van der Waals surface area contributed by atoms with Crippen molar-refractivity contribution < 1.29 is 4.79 Å². The third-order valence-electron chi connectivity index (χ3n) is 4.26. The van der Waals surface area contributed by atoms with Gasteiger partial charge in [-0.05, 0) is 31.4 Å². The molecule has 0 aliphatic heterocycles. The number of amides is 1. The molecule has 0 unspecified atom stereocenters. The van der Waals surface area contributed by atoms with Crippen LogP contribution in [0.2, 0.25) is 5.02 Å². The van der Waals surface area contributed by atoms with E-state index >= 15 is 0 Å². The first-order valence-corrected chi connectivity index (χ1v) is 8.08. The van der Waals surface area contributed by atoms with Crippen LogP contribution in [0.4, 0.5) is 0 Å². The Kier molecular flexibility index (Phi) is 5.34. The number of hydrogen-bond acceptors (Lipinski definition) is 1. The lowest BCUT2D eigenvalue weighted by Gasteiger charge is -2.35. The fourth-order valence-electron chi connectivity index (χ4n) is 2.85. The molecule has 4 heteroatoms. The molecule has 2 nitrogen and oxygen atoms in total. The van der Waals surface area contributed by atoms with E-state index in [1.807, 2.05) is 19.1 Å². The van der Waals surface area contributed by atoms with Crippen LogP contribution in [0.15, 0.2) is 18.2 Å². The maximum Gasteiger partial charge on any atom is 0.252 e. The molecule has 0 saturated heterocycles. The van der Waals surface area contributed by atoms with E-state index in [2.05, 4.69) is 5.32 Å². The number of halogens is 2. The summed E-state index contributed by atoms with van der Waals surface area (Å²) in [6.45, 7) is 2.54. The van der Waals surface area contributed by atoms with Crippen LogP contribution in [0.25, 0.3) is 0 Å². The highest BCUT2D eigenvalue weighted by Crippen LogP contribution is 2.36. The van der Waals surface area contributed by atoms with Crippen LogP contribution in [0, 0.1) is 12.3 Å². The lowest BCUT2D eigenvalue weighted by molar-refractivity contribution is 0.0921. The molecule has 1 N–H and O–H groups in total. The molecular weight excluding hydrogens is 293 g/mol. The summed E-state index contributed by atoms with van der Waals surface area (Å²) in [6, 6.07) is 5.52. The molecule has 0 radical (unpaired) electrons. The summed E-state index contributed by atoms with van der Waals surface area (Å²) < 4.78 is 0. The summed E-state index contributed by atoms with van der Waals surface area (Å²) >= 11 is 12.3. The van der Waals surface area contributed by atoms with Crippen LogP contribution < -0.4 is 5.32 Å². The van der Waals surface area contributed by atoms with Gasteiger partial charge in [-0.2, -0.15) is 0 Å². The molecule has 1 aromatic rings. The lowest BCUT2D eigenvalue weighted by Crippen LogP contribution is -2.40. The van der Waals surface area contributed by atoms with Gasteiger partial charge in [-0.3, -0.25) is 4.79 Å². The van der Waals surface area contributed by atoms with E-state index in [-0.39, 0.29) is 11.3 Å². The van der Waals surface area contributed by atoms with Crippen molar-refractivity contribution in [3.8, 4) is 0 Å². The van der Waals surface area contributed by atoms with Crippen LogP contribution in [0.3, 0.4) is 0 Å². The van der Waals surface area contributed by atoms with Gasteiger partial charge in [0.25, 0.3) is 5.91 Å². The average Bonchev–Trinajstić information content (AvgIpc) is 2.48. The van der Waals surface area contributed by atoms with Crippen LogP contribution in [-0.2, 0) is 0 Å². The molecule has 1 saturated carbocycles. The van der Waals surface area contributed by atoms with Crippen molar-refractivity contribution in [1.29, 1.82) is 0 Å². The molecule has 0 spiro atoms. The zero-order chi connectivity index (χ0) is 14.6. The van der Waals surface area contributed by atoms with Gasteiger partial charge in [0.05, 0.1) is 10.6 Å². The molecule has 1 aliphatic carbocycles. The molecule has 0 bridgehead atoms. The standard InChI is InChI=1S/C16H21Cl2NO/c1-12-6-5-7-13(14(12)18)15(20)19-11-16(10-17)8-3-2-4-9-16/h5-7H,2-4,8-11H2,1H3,(H,19,20). The number of carbonyl (C=O) groups is 1. The first-order chi connectivity index (χ1) is 9.58. The molecule has 1 fully saturated rings. The van der Waals surface area contributed by atoms with E-state index in [9.17, 15) is 4.79 Å². The van der Waals surface area contributed by atoms with Crippen molar-refractivity contribution in [2.24, 2.45) is 5.41 Å². The monoisotopic (exact) mass is 313 g/mol. The number of aryl methyl sites for hydroxylation is 1. The van der Waals surface area contributed by atoms with Gasteiger partial charge >= 0.3 is 0 Å². The molecule has 0 heterocycles. The minimum Gasteiger partial charge on any atom is -0.351 e. The normalized spacial score (nSPS) is 17.8. The number of hydrogen-bond donors (Lipinski definition) is 1. The zero-order valence-electron chi connectivity index (χ0n) is 11.8. The minimum absolute atomic E-state index is 0.0613. The molecule has 1 amide bonds. The van der Waals surface area contributed by atoms with Gasteiger partial charge in [-0.25, -0.2) is 0 Å². The minimum atomic E-state index is -0.103. The van der Waals surface area contributed by atoms with Gasteiger partial charge in [0.2, 0.25) is 0 Å². The summed E-state index contributed by atoms with van der Waals surface area (Å²) in [4.78, 5) is 12.3. The topological polar surface area (TPSA) is 29.1 Å². The molecule has 1 aliphatic rings. The lowest BCUT2D eigenvalue weighted by atomic mass is 9.75. The highest BCUT2D eigenvalue weighted by atomic mass is 35.5. The van der Waals surface area contributed by atoms with E-state index in [1.54, 1.807) is 6.07 Å². The summed E-state index contributed by atoms with van der Waals surface area (Å²) in [6.07, 6.45) is 5.87. The van der Waals surface area contributed by atoms with E-state index in [4.69, 9.17) is 23.2 Å². The van der Waals surface area contributed by atoms with Crippen LogP contribution in [0.5, 0.6) is 0 Å². The van der Waals surface area contributed by atoms with Gasteiger partial charge in [-0.1, -0.05) is 43.0 Å². The van der Waals surface area contributed by atoms with E-state index < -0.39 is 0 Å². The van der Waals surface area contributed by atoms with Gasteiger partial charge in [0.15, 0.2) is 0 Å². The molecule has 2 rings (SSSR count). The Morgan fingerprint density at radius 2 is 2.00 bits per heavy atom. The smallest absolute Gasteiger partial charge is 0.252 e. The Morgan fingerprint density at radius 1 is 1.30 bits per heavy atom. The summed E-state index contributed by atoms with van der Waals surface area (Å²) in [5.74, 6) is 0.503. The molecule has 0 aromatic heterocycles. The largest absolute Gasteiger partial charge is 0.351 e. The predicted octanol–water partition coefficient (Wildman–Crippen LogP) is 4.57. The molecular formula is C16H21Cl2NO. The Balaban J connectivity index is 2.02. The third kappa shape index (κ3) is 3.48. The predicted molar refractivity (Wildman–Crippen MR) is 84.8 cm³/mol. The van der Waals surface area contributed by atoms with E-state index in [1.165, 1.54) is 19.3 Å². The fraction of sp³-hybridized carbons (Fsp3) is 0.562. The summed E-state index contributed by atoms with van der Waals surface area (Å²) in [5, 5.41) is 3.56. The van der Waals surface area contributed by atoms with Crippen LogP contribution in [-0.4, -0.2) is 18.3 Å². The second-order valence-corrected chi connectivity index (χ2v) is 6.46. The Bertz CT molecular complexity index is 481. The van der Waals surface area contributed by atoms with Crippen molar-refractivity contribution in [2.45, 2.75) is 39.0 Å². The zero-order valence-corrected chi connectivity index (χ0v) is 13.4. The van der Waals surface area contributed by atoms with Gasteiger partial charge in [0.1, 0.15) is 0 Å². The third-order valence-corrected chi connectivity index (χ3v) is 5.33. The molecule has 0 atom stereocenters. The maximum atomic E-state index is 12.3. The Morgan fingerprint density at radius 3 is 2.65 bits per heavy atom. The van der Waals surface area contributed by atoms with Crippen molar-refractivity contribution in [2.75, 3.05) is 12.4 Å². The average molecular weight is 314 g/mol. The highest BCUT2D eigenvalue weighted by molar-refractivity contribution is 6.34. The van der Waals surface area contributed by atoms with Crippen molar-refractivity contribution in [1.82, 2.24) is 5.32 Å². The Labute approximate surface area is 130 Å². The molecule has 20 heavy (non-hydrogen) atoms. The fourth-order valence-corrected chi connectivity index (χ4v) is 3.42. The number of carbonyl (C=O) groups excluding carboxylic acids is 1. The van der Waals surface area contributed by atoms with E-state index in [0.29, 0.717) is 23.0 Å². The number of benzene rings is 1. The summed E-state index contributed by atoms with van der Waals surface area (Å²) in [7, 11) is 0. The second kappa shape index (κ2) is 6.82. The highest BCUT2D eigenvalue weighted by Gasteiger charge is 2.31. The van der Waals surface area contributed by atoms with Crippen molar-refractivity contribution >= 4 is 29.1 Å². The first kappa shape index (κ1) is 15.7. The summed E-state index contributed by atoms with van der Waals surface area (Å²) in [5.41, 5.74) is 1.53. The number of rotatable bonds is 4. The van der Waals surface area contributed by atoms with Crippen LogP contribution >= 0.6 is 23.2 Å². The van der Waals surface area contributed by atoms with E-state index in [0.717, 1.165) is 18.4 Å². The number of alkyl halides is 1.